The molecule has 5 nitrogen and oxygen atoms in total. The fraction of sp³-hybridized carbons (Fsp3) is 0.727. The number of aliphatic hydroxyl groups excluding tert-OH is 1. The van der Waals surface area contributed by atoms with Gasteiger partial charge in [-0.3, -0.25) is 0 Å². The molecule has 1 aromatic heterocycles. The summed E-state index contributed by atoms with van der Waals surface area (Å²) >= 11 is 0. The maximum atomic E-state index is 9.08. The number of hydrogen-bond acceptors (Lipinski definition) is 4. The van der Waals surface area contributed by atoms with Gasteiger partial charge in [0.1, 0.15) is 0 Å². The molecule has 1 aromatic rings. The van der Waals surface area contributed by atoms with Crippen molar-refractivity contribution in [2.45, 2.75) is 26.3 Å². The van der Waals surface area contributed by atoms with E-state index in [-0.39, 0.29) is 12.6 Å². The molecule has 0 bridgehead atoms. The third-order valence-electron chi connectivity index (χ3n) is 2.62. The van der Waals surface area contributed by atoms with Gasteiger partial charge in [-0.1, -0.05) is 6.92 Å². The first-order chi connectivity index (χ1) is 7.65. The largest absolute Gasteiger partial charge is 0.481 e. The van der Waals surface area contributed by atoms with Crippen LogP contribution in [0.3, 0.4) is 0 Å². The molecule has 1 rings (SSSR count). The van der Waals surface area contributed by atoms with E-state index in [9.17, 15) is 0 Å². The molecule has 16 heavy (non-hydrogen) atoms. The highest BCUT2D eigenvalue weighted by Crippen LogP contribution is 2.29. The Morgan fingerprint density at radius 2 is 2.25 bits per heavy atom. The zero-order valence-electron chi connectivity index (χ0n) is 10.4. The third-order valence-corrected chi connectivity index (χ3v) is 2.62. The Morgan fingerprint density at radius 3 is 2.75 bits per heavy atom. The van der Waals surface area contributed by atoms with Crippen molar-refractivity contribution in [1.29, 1.82) is 0 Å². The molecule has 0 aliphatic carbocycles. The lowest BCUT2D eigenvalue weighted by molar-refractivity contribution is 0.263. The molecule has 0 aromatic carbocycles. The highest BCUT2D eigenvalue weighted by molar-refractivity contribution is 5.34. The van der Waals surface area contributed by atoms with Crippen LogP contribution in [0.5, 0.6) is 5.88 Å². The van der Waals surface area contributed by atoms with Gasteiger partial charge in [-0.15, -0.1) is 0 Å². The van der Waals surface area contributed by atoms with Crippen molar-refractivity contribution >= 4 is 0 Å². The Kier molecular flexibility index (Phi) is 4.76. The molecular weight excluding hydrogens is 206 g/mol. The zero-order valence-corrected chi connectivity index (χ0v) is 10.4. The number of hydrogen-bond donors (Lipinski definition) is 2. The van der Waals surface area contributed by atoms with E-state index in [1.807, 2.05) is 20.9 Å². The number of aromatic nitrogens is 2. The first-order valence-corrected chi connectivity index (χ1v) is 5.57. The smallest absolute Gasteiger partial charge is 0.216 e. The molecular formula is C11H21N3O2. The van der Waals surface area contributed by atoms with Crippen molar-refractivity contribution in [3.63, 3.8) is 0 Å². The standard InChI is InChI=1S/C11H21N3O2/c1-5-12-9(6-7-15)10-8(2)13-14(3)11(10)16-4/h9,12,15H,5-7H2,1-4H3. The topological polar surface area (TPSA) is 59.3 Å². The van der Waals surface area contributed by atoms with E-state index < -0.39 is 0 Å². The molecule has 1 atom stereocenters. The van der Waals surface area contributed by atoms with Gasteiger partial charge in [0.15, 0.2) is 0 Å². The molecule has 1 unspecified atom stereocenters. The fourth-order valence-corrected chi connectivity index (χ4v) is 2.02. The van der Waals surface area contributed by atoms with Crippen LogP contribution < -0.4 is 10.1 Å². The first kappa shape index (κ1) is 13.0. The van der Waals surface area contributed by atoms with E-state index in [4.69, 9.17) is 9.84 Å². The van der Waals surface area contributed by atoms with E-state index in [0.717, 1.165) is 23.7 Å². The van der Waals surface area contributed by atoms with E-state index in [0.29, 0.717) is 6.42 Å². The van der Waals surface area contributed by atoms with Gasteiger partial charge in [-0.2, -0.15) is 5.10 Å². The third kappa shape index (κ3) is 2.54. The summed E-state index contributed by atoms with van der Waals surface area (Å²) < 4.78 is 7.08. The number of ether oxygens (including phenoxy) is 1. The van der Waals surface area contributed by atoms with E-state index in [2.05, 4.69) is 10.4 Å². The maximum absolute atomic E-state index is 9.08. The van der Waals surface area contributed by atoms with Gasteiger partial charge in [-0.25, -0.2) is 4.68 Å². The van der Waals surface area contributed by atoms with Crippen molar-refractivity contribution in [2.24, 2.45) is 7.05 Å². The van der Waals surface area contributed by atoms with Gasteiger partial charge in [0.05, 0.1) is 18.4 Å². The summed E-state index contributed by atoms with van der Waals surface area (Å²) in [6, 6.07) is 0.0960. The van der Waals surface area contributed by atoms with Crippen LogP contribution in [0.2, 0.25) is 0 Å². The summed E-state index contributed by atoms with van der Waals surface area (Å²) in [6.07, 6.45) is 0.663. The maximum Gasteiger partial charge on any atom is 0.216 e. The monoisotopic (exact) mass is 227 g/mol. The second-order valence-corrected chi connectivity index (χ2v) is 3.75. The minimum atomic E-state index is 0.0960. The quantitative estimate of drug-likeness (QED) is 0.753. The Morgan fingerprint density at radius 1 is 1.56 bits per heavy atom. The van der Waals surface area contributed by atoms with Gasteiger partial charge in [0.25, 0.3) is 0 Å². The van der Waals surface area contributed by atoms with Crippen molar-refractivity contribution in [2.75, 3.05) is 20.3 Å². The lowest BCUT2D eigenvalue weighted by Crippen LogP contribution is -2.22. The number of methoxy groups -OCH3 is 1. The zero-order chi connectivity index (χ0) is 12.1. The van der Waals surface area contributed by atoms with Gasteiger partial charge < -0.3 is 15.2 Å². The summed E-state index contributed by atoms with van der Waals surface area (Å²) in [7, 11) is 3.50. The normalized spacial score (nSPS) is 12.8. The van der Waals surface area contributed by atoms with Crippen LogP contribution in [0.25, 0.3) is 0 Å². The minimum Gasteiger partial charge on any atom is -0.481 e. The average molecular weight is 227 g/mol. The number of rotatable bonds is 6. The van der Waals surface area contributed by atoms with Crippen LogP contribution in [0.1, 0.15) is 30.6 Å². The second kappa shape index (κ2) is 5.86. The average Bonchev–Trinajstić information content (AvgIpc) is 2.52. The molecule has 0 radical (unpaired) electrons. The van der Waals surface area contributed by atoms with Crippen LogP contribution in [0.4, 0.5) is 0 Å². The fourth-order valence-electron chi connectivity index (χ4n) is 2.02. The van der Waals surface area contributed by atoms with Crippen LogP contribution in [-0.2, 0) is 7.05 Å². The van der Waals surface area contributed by atoms with E-state index in [1.54, 1.807) is 11.8 Å². The number of aliphatic hydroxyl groups is 1. The molecule has 0 saturated heterocycles. The molecule has 2 N–H and O–H groups in total. The summed E-state index contributed by atoms with van der Waals surface area (Å²) in [5, 5.41) is 16.8. The molecule has 0 aliphatic rings. The number of nitrogens with one attached hydrogen (secondary N) is 1. The van der Waals surface area contributed by atoms with Crippen molar-refractivity contribution in [1.82, 2.24) is 15.1 Å². The van der Waals surface area contributed by atoms with Crippen LogP contribution in [0, 0.1) is 6.92 Å². The Labute approximate surface area is 96.4 Å². The lowest BCUT2D eigenvalue weighted by Gasteiger charge is -2.17. The lowest BCUT2D eigenvalue weighted by atomic mass is 10.0. The van der Waals surface area contributed by atoms with Crippen LogP contribution in [0.15, 0.2) is 0 Å². The van der Waals surface area contributed by atoms with Gasteiger partial charge >= 0.3 is 0 Å². The Balaban J connectivity index is 3.06. The molecule has 0 aliphatic heterocycles. The Hall–Kier alpha value is -1.07. The summed E-state index contributed by atoms with van der Waals surface area (Å²) in [6.45, 7) is 5.00. The van der Waals surface area contributed by atoms with Crippen molar-refractivity contribution in [3.8, 4) is 5.88 Å². The molecule has 0 saturated carbocycles. The minimum absolute atomic E-state index is 0.0960. The Bertz CT molecular complexity index is 330. The van der Waals surface area contributed by atoms with Gasteiger partial charge in [0, 0.05) is 19.7 Å². The number of aryl methyl sites for hydroxylation is 2. The molecule has 0 amide bonds. The molecule has 92 valence electrons. The SMILES string of the molecule is CCNC(CCO)c1c(C)nn(C)c1OC. The van der Waals surface area contributed by atoms with Crippen LogP contribution in [-0.4, -0.2) is 35.1 Å². The predicted molar refractivity (Wildman–Crippen MR) is 62.6 cm³/mol. The molecule has 1 heterocycles. The number of nitrogens with zero attached hydrogens (tertiary/aromatic N) is 2. The molecule has 5 heteroatoms. The second-order valence-electron chi connectivity index (χ2n) is 3.75. The van der Waals surface area contributed by atoms with Crippen molar-refractivity contribution in [3.05, 3.63) is 11.3 Å². The van der Waals surface area contributed by atoms with Crippen molar-refractivity contribution < 1.29 is 9.84 Å². The molecule has 0 fully saturated rings. The van der Waals surface area contributed by atoms with Crippen LogP contribution >= 0.6 is 0 Å². The summed E-state index contributed by atoms with van der Waals surface area (Å²) in [5.41, 5.74) is 1.99. The van der Waals surface area contributed by atoms with E-state index >= 15 is 0 Å². The summed E-state index contributed by atoms with van der Waals surface area (Å²) in [5.74, 6) is 0.761. The van der Waals surface area contributed by atoms with Gasteiger partial charge in [-0.05, 0) is 19.9 Å². The first-order valence-electron chi connectivity index (χ1n) is 5.57. The van der Waals surface area contributed by atoms with Gasteiger partial charge in [0.2, 0.25) is 5.88 Å². The highest BCUT2D eigenvalue weighted by atomic mass is 16.5. The van der Waals surface area contributed by atoms with E-state index in [1.165, 1.54) is 0 Å². The summed E-state index contributed by atoms with van der Waals surface area (Å²) in [4.78, 5) is 0. The highest BCUT2D eigenvalue weighted by Gasteiger charge is 2.21. The molecule has 0 spiro atoms. The predicted octanol–water partition coefficient (Wildman–Crippen LogP) is 0.770.